The predicted molar refractivity (Wildman–Crippen MR) is 68.8 cm³/mol. The first-order chi connectivity index (χ1) is 8.79. The highest BCUT2D eigenvalue weighted by atomic mass is 32.2. The highest BCUT2D eigenvalue weighted by molar-refractivity contribution is 7.99. The molecule has 0 bridgehead atoms. The Morgan fingerprint density at radius 3 is 3.11 bits per heavy atom. The molecule has 0 saturated carbocycles. The molecule has 2 aromatic heterocycles. The smallest absolute Gasteiger partial charge is 0.339 e. The average molecular weight is 263 g/mol. The molecule has 0 spiro atoms. The third-order valence-corrected chi connectivity index (χ3v) is 4.44. The molecule has 0 aromatic carbocycles. The first kappa shape index (κ1) is 11.5. The van der Waals surface area contributed by atoms with Crippen LogP contribution in [0.25, 0.3) is 5.65 Å². The van der Waals surface area contributed by atoms with Gasteiger partial charge in [0.05, 0.1) is 17.9 Å². The van der Waals surface area contributed by atoms with Crippen LogP contribution in [0.15, 0.2) is 18.3 Å². The van der Waals surface area contributed by atoms with Crippen LogP contribution >= 0.6 is 11.8 Å². The minimum atomic E-state index is -0.337. The fourth-order valence-corrected chi connectivity index (χ4v) is 3.41. The van der Waals surface area contributed by atoms with Gasteiger partial charge in [-0.2, -0.15) is 11.8 Å². The summed E-state index contributed by atoms with van der Waals surface area (Å²) in [6, 6.07) is 3.50. The van der Waals surface area contributed by atoms with Crippen molar-refractivity contribution in [3.8, 4) is 0 Å². The number of nitrogens with zero attached hydrogens (tertiary/aromatic N) is 3. The second kappa shape index (κ2) is 4.61. The van der Waals surface area contributed by atoms with Crippen molar-refractivity contribution in [2.75, 3.05) is 12.9 Å². The number of methoxy groups -OCH3 is 1. The summed E-state index contributed by atoms with van der Waals surface area (Å²) >= 11 is 1.90. The van der Waals surface area contributed by atoms with Gasteiger partial charge in [0.25, 0.3) is 0 Å². The van der Waals surface area contributed by atoms with Crippen molar-refractivity contribution in [1.82, 2.24) is 14.6 Å². The topological polar surface area (TPSA) is 56.5 Å². The van der Waals surface area contributed by atoms with E-state index in [1.54, 1.807) is 18.3 Å². The van der Waals surface area contributed by atoms with Gasteiger partial charge >= 0.3 is 5.97 Å². The Morgan fingerprint density at radius 1 is 1.50 bits per heavy atom. The Morgan fingerprint density at radius 2 is 2.39 bits per heavy atom. The van der Waals surface area contributed by atoms with Gasteiger partial charge in [-0.15, -0.1) is 10.2 Å². The zero-order valence-corrected chi connectivity index (χ0v) is 10.8. The Balaban J connectivity index is 2.07. The van der Waals surface area contributed by atoms with Crippen molar-refractivity contribution in [2.45, 2.75) is 18.1 Å². The van der Waals surface area contributed by atoms with Crippen molar-refractivity contribution < 1.29 is 9.53 Å². The van der Waals surface area contributed by atoms with E-state index in [1.165, 1.54) is 13.5 Å². The SMILES string of the molecule is COC(=O)c1ccc2nnc(C3CCCS3)n2c1. The van der Waals surface area contributed by atoms with Crippen molar-refractivity contribution in [3.05, 3.63) is 29.7 Å². The van der Waals surface area contributed by atoms with Gasteiger partial charge < -0.3 is 4.74 Å². The Bertz CT molecular complexity index is 590. The number of hydrogen-bond donors (Lipinski definition) is 0. The molecule has 0 N–H and O–H groups in total. The van der Waals surface area contributed by atoms with Crippen molar-refractivity contribution >= 4 is 23.4 Å². The molecule has 1 saturated heterocycles. The van der Waals surface area contributed by atoms with Crippen LogP contribution in [0, 0.1) is 0 Å². The lowest BCUT2D eigenvalue weighted by molar-refractivity contribution is 0.0600. The molecule has 1 unspecified atom stereocenters. The summed E-state index contributed by atoms with van der Waals surface area (Å²) < 4.78 is 6.63. The summed E-state index contributed by atoms with van der Waals surface area (Å²) in [7, 11) is 1.38. The zero-order chi connectivity index (χ0) is 12.5. The number of esters is 1. The van der Waals surface area contributed by atoms with E-state index in [0.29, 0.717) is 10.8 Å². The van der Waals surface area contributed by atoms with Gasteiger partial charge in [-0.05, 0) is 30.7 Å². The monoisotopic (exact) mass is 263 g/mol. The van der Waals surface area contributed by atoms with Gasteiger partial charge in [-0.1, -0.05) is 0 Å². The Hall–Kier alpha value is -1.56. The number of fused-ring (bicyclic) bond motifs is 1. The summed E-state index contributed by atoms with van der Waals surface area (Å²) in [5, 5.41) is 8.76. The lowest BCUT2D eigenvalue weighted by atomic mass is 10.2. The summed E-state index contributed by atoms with van der Waals surface area (Å²) in [5.74, 6) is 1.75. The number of ether oxygens (including phenoxy) is 1. The fraction of sp³-hybridized carbons (Fsp3) is 0.417. The van der Waals surface area contributed by atoms with Gasteiger partial charge in [0, 0.05) is 6.20 Å². The molecular formula is C12H13N3O2S. The number of thioether (sulfide) groups is 1. The number of pyridine rings is 1. The Labute approximate surface area is 109 Å². The van der Waals surface area contributed by atoms with Crippen LogP contribution in [-0.2, 0) is 4.74 Å². The zero-order valence-electron chi connectivity index (χ0n) is 10.00. The standard InChI is InChI=1S/C12H13N3O2S/c1-17-12(16)8-4-5-10-13-14-11(15(10)7-8)9-3-2-6-18-9/h4-5,7,9H,2-3,6H2,1H3. The molecule has 1 aliphatic heterocycles. The van der Waals surface area contributed by atoms with E-state index in [9.17, 15) is 4.79 Å². The largest absolute Gasteiger partial charge is 0.465 e. The van der Waals surface area contributed by atoms with Crippen LogP contribution in [0.5, 0.6) is 0 Å². The molecule has 1 fully saturated rings. The van der Waals surface area contributed by atoms with Crippen LogP contribution in [0.3, 0.4) is 0 Å². The van der Waals surface area contributed by atoms with Gasteiger partial charge in [0.15, 0.2) is 11.5 Å². The van der Waals surface area contributed by atoms with E-state index >= 15 is 0 Å². The van der Waals surface area contributed by atoms with Gasteiger partial charge in [0.2, 0.25) is 0 Å². The van der Waals surface area contributed by atoms with Gasteiger partial charge in [0.1, 0.15) is 0 Å². The molecule has 94 valence electrons. The lowest BCUT2D eigenvalue weighted by Gasteiger charge is -2.07. The average Bonchev–Trinajstić information content (AvgIpc) is 3.05. The lowest BCUT2D eigenvalue weighted by Crippen LogP contribution is -2.04. The van der Waals surface area contributed by atoms with Crippen LogP contribution in [0.1, 0.15) is 34.3 Å². The number of carbonyl (C=O) groups is 1. The minimum Gasteiger partial charge on any atom is -0.465 e. The molecule has 3 rings (SSSR count). The fourth-order valence-electron chi connectivity index (χ4n) is 2.15. The first-order valence-corrected chi connectivity index (χ1v) is 6.89. The summed E-state index contributed by atoms with van der Waals surface area (Å²) in [5.41, 5.74) is 1.29. The van der Waals surface area contributed by atoms with Crippen LogP contribution in [0.2, 0.25) is 0 Å². The first-order valence-electron chi connectivity index (χ1n) is 5.84. The van der Waals surface area contributed by atoms with E-state index in [2.05, 4.69) is 10.2 Å². The second-order valence-corrected chi connectivity index (χ2v) is 5.51. The van der Waals surface area contributed by atoms with Crippen molar-refractivity contribution in [3.63, 3.8) is 0 Å². The third kappa shape index (κ3) is 1.86. The number of hydrogen-bond acceptors (Lipinski definition) is 5. The molecule has 3 heterocycles. The normalized spacial score (nSPS) is 19.3. The highest BCUT2D eigenvalue weighted by Crippen LogP contribution is 2.38. The maximum absolute atomic E-state index is 11.5. The number of carbonyl (C=O) groups excluding carboxylic acids is 1. The van der Waals surface area contributed by atoms with Crippen LogP contribution in [-0.4, -0.2) is 33.4 Å². The maximum atomic E-state index is 11.5. The van der Waals surface area contributed by atoms with E-state index in [4.69, 9.17) is 4.74 Å². The molecule has 0 aliphatic carbocycles. The van der Waals surface area contributed by atoms with E-state index in [-0.39, 0.29) is 5.97 Å². The molecule has 0 amide bonds. The minimum absolute atomic E-state index is 0.337. The predicted octanol–water partition coefficient (Wildman–Crippen LogP) is 2.08. The van der Waals surface area contributed by atoms with Crippen LogP contribution < -0.4 is 0 Å². The van der Waals surface area contributed by atoms with E-state index in [1.807, 2.05) is 16.2 Å². The Kier molecular flexibility index (Phi) is 2.95. The molecule has 1 aliphatic rings. The summed E-state index contributed by atoms with van der Waals surface area (Å²) in [4.78, 5) is 11.5. The number of rotatable bonds is 2. The van der Waals surface area contributed by atoms with E-state index in [0.717, 1.165) is 23.6 Å². The summed E-state index contributed by atoms with van der Waals surface area (Å²) in [6.45, 7) is 0. The molecule has 5 nitrogen and oxygen atoms in total. The molecular weight excluding hydrogens is 250 g/mol. The second-order valence-electron chi connectivity index (χ2n) is 4.20. The van der Waals surface area contributed by atoms with Crippen molar-refractivity contribution in [2.24, 2.45) is 0 Å². The molecule has 18 heavy (non-hydrogen) atoms. The third-order valence-electron chi connectivity index (χ3n) is 3.07. The summed E-state index contributed by atoms with van der Waals surface area (Å²) in [6.07, 6.45) is 4.09. The molecule has 1 atom stereocenters. The number of aromatic nitrogens is 3. The van der Waals surface area contributed by atoms with Gasteiger partial charge in [-0.25, -0.2) is 4.79 Å². The molecule has 6 heteroatoms. The highest BCUT2D eigenvalue weighted by Gasteiger charge is 2.23. The van der Waals surface area contributed by atoms with Crippen LogP contribution in [0.4, 0.5) is 0 Å². The molecule has 0 radical (unpaired) electrons. The maximum Gasteiger partial charge on any atom is 0.339 e. The van der Waals surface area contributed by atoms with Crippen molar-refractivity contribution in [1.29, 1.82) is 0 Å². The molecule has 2 aromatic rings. The van der Waals surface area contributed by atoms with E-state index < -0.39 is 0 Å². The quantitative estimate of drug-likeness (QED) is 0.776. The van der Waals surface area contributed by atoms with Gasteiger partial charge in [-0.3, -0.25) is 4.40 Å².